The minimum absolute atomic E-state index is 0.725. The van der Waals surface area contributed by atoms with Crippen LogP contribution in [0.3, 0.4) is 0 Å². The summed E-state index contributed by atoms with van der Waals surface area (Å²) in [5.41, 5.74) is 0.925. The molecule has 0 aliphatic carbocycles. The highest BCUT2D eigenvalue weighted by Gasteiger charge is 1.84. The van der Waals surface area contributed by atoms with Crippen molar-refractivity contribution in [3.63, 3.8) is 0 Å². The molecule has 0 rings (SSSR count). The first kappa shape index (κ1) is 7.21. The van der Waals surface area contributed by atoms with Crippen LogP contribution in [0, 0.1) is 5.41 Å². The molecule has 0 heterocycles. The average Bonchev–Trinajstić information content (AvgIpc) is 1.83. The summed E-state index contributed by atoms with van der Waals surface area (Å²) in [5.74, 6) is 0. The molecule has 0 saturated carbocycles. The zero-order chi connectivity index (χ0) is 6.41. The van der Waals surface area contributed by atoms with Gasteiger partial charge in [-0.15, -0.1) is 0 Å². The number of hydrogen-bond donors (Lipinski definition) is 2. The molecule has 0 amide bonds. The lowest BCUT2D eigenvalue weighted by Gasteiger charge is -1.90. The Morgan fingerprint density at radius 2 is 2.38 bits per heavy atom. The van der Waals surface area contributed by atoms with Crippen LogP contribution in [0.4, 0.5) is 0 Å². The molecular weight excluding hydrogens is 102 g/mol. The third kappa shape index (κ3) is 3.40. The van der Waals surface area contributed by atoms with Crippen LogP contribution < -0.4 is 0 Å². The molecule has 46 valence electrons. The van der Waals surface area contributed by atoms with Crippen molar-refractivity contribution in [1.29, 1.82) is 5.41 Å². The van der Waals surface area contributed by atoms with E-state index in [0.717, 1.165) is 24.7 Å². The van der Waals surface area contributed by atoms with Crippen molar-refractivity contribution in [2.75, 3.05) is 0 Å². The lowest BCUT2D eigenvalue weighted by atomic mass is 10.2. The topological polar surface area (TPSA) is 44.1 Å². The van der Waals surface area contributed by atoms with E-state index in [2.05, 4.69) is 0 Å². The summed E-state index contributed by atoms with van der Waals surface area (Å²) in [6.45, 7) is 1.84. The van der Waals surface area contributed by atoms with Crippen molar-refractivity contribution in [2.24, 2.45) is 0 Å². The van der Waals surface area contributed by atoms with Gasteiger partial charge in [-0.25, -0.2) is 0 Å². The summed E-state index contributed by atoms with van der Waals surface area (Å²) in [6, 6.07) is 0. The van der Waals surface area contributed by atoms with E-state index in [1.54, 1.807) is 0 Å². The molecule has 0 saturated heterocycles. The summed E-state index contributed by atoms with van der Waals surface area (Å²) in [7, 11) is 0. The molecule has 0 aromatic rings. The maximum Gasteiger partial charge on any atom is 0.0780 e. The highest BCUT2D eigenvalue weighted by molar-refractivity contribution is 5.53. The quantitative estimate of drug-likeness (QED) is 0.426. The second kappa shape index (κ2) is 4.37. The van der Waals surface area contributed by atoms with Gasteiger partial charge in [-0.05, 0) is 31.6 Å². The number of aliphatic hydroxyl groups is 1. The lowest BCUT2D eigenvalue weighted by molar-refractivity contribution is 0.465. The zero-order valence-electron chi connectivity index (χ0n) is 5.02. The minimum atomic E-state index is 0.725. The third-order valence-electron chi connectivity index (χ3n) is 0.903. The molecule has 0 fully saturated rings. The Balaban J connectivity index is 3.24. The summed E-state index contributed by atoms with van der Waals surface area (Å²) >= 11 is 0. The highest BCUT2D eigenvalue weighted by atomic mass is 16.2. The molecule has 0 aromatic heterocycles. The van der Waals surface area contributed by atoms with Crippen molar-refractivity contribution < 1.29 is 5.11 Å². The van der Waals surface area contributed by atoms with Gasteiger partial charge in [0.1, 0.15) is 0 Å². The largest absolute Gasteiger partial charge is 0.516 e. The van der Waals surface area contributed by atoms with Crippen molar-refractivity contribution in [3.8, 4) is 0 Å². The van der Waals surface area contributed by atoms with Gasteiger partial charge < -0.3 is 10.5 Å². The van der Waals surface area contributed by atoms with Crippen LogP contribution in [0.15, 0.2) is 11.8 Å². The Morgan fingerprint density at radius 1 is 1.75 bits per heavy atom. The monoisotopic (exact) mass is 113 g/mol. The lowest BCUT2D eigenvalue weighted by Crippen LogP contribution is -1.77. The van der Waals surface area contributed by atoms with Crippen LogP contribution in [0.2, 0.25) is 0 Å². The number of allylic oxidation sites excluding steroid dienone is 1. The van der Waals surface area contributed by atoms with Gasteiger partial charge in [0, 0.05) is 0 Å². The molecule has 0 atom stereocenters. The van der Waals surface area contributed by atoms with E-state index in [1.165, 1.54) is 6.21 Å². The normalized spacial score (nSPS) is 11.4. The maximum absolute atomic E-state index is 8.32. The first-order valence-corrected chi connectivity index (χ1v) is 2.60. The van der Waals surface area contributed by atoms with Crippen molar-refractivity contribution >= 4 is 6.21 Å². The van der Waals surface area contributed by atoms with Crippen molar-refractivity contribution in [2.45, 2.75) is 19.8 Å². The molecule has 8 heavy (non-hydrogen) atoms. The fraction of sp³-hybridized carbons (Fsp3) is 0.500. The van der Waals surface area contributed by atoms with E-state index in [0.29, 0.717) is 0 Å². The van der Waals surface area contributed by atoms with E-state index >= 15 is 0 Å². The summed E-state index contributed by atoms with van der Waals surface area (Å²) in [5, 5.41) is 15.0. The Bertz CT molecular complexity index is 96.7. The Hall–Kier alpha value is -0.790. The van der Waals surface area contributed by atoms with E-state index in [-0.39, 0.29) is 0 Å². The van der Waals surface area contributed by atoms with Crippen molar-refractivity contribution in [1.82, 2.24) is 0 Å². The average molecular weight is 113 g/mol. The third-order valence-corrected chi connectivity index (χ3v) is 0.903. The maximum atomic E-state index is 8.32. The molecule has 0 aliphatic heterocycles. The van der Waals surface area contributed by atoms with Crippen LogP contribution in [0.25, 0.3) is 0 Å². The van der Waals surface area contributed by atoms with Gasteiger partial charge in [0.2, 0.25) is 0 Å². The predicted octanol–water partition coefficient (Wildman–Crippen LogP) is 1.88. The van der Waals surface area contributed by atoms with Crippen LogP contribution in [0.1, 0.15) is 19.8 Å². The smallest absolute Gasteiger partial charge is 0.0780 e. The zero-order valence-corrected chi connectivity index (χ0v) is 5.02. The fourth-order valence-corrected chi connectivity index (χ4v) is 0.364. The molecule has 0 unspecified atom stereocenters. The van der Waals surface area contributed by atoms with Gasteiger partial charge in [-0.2, -0.15) is 0 Å². The Kier molecular flexibility index (Phi) is 3.94. The highest BCUT2D eigenvalue weighted by Crippen LogP contribution is 1.98. The summed E-state index contributed by atoms with van der Waals surface area (Å²) < 4.78 is 0. The van der Waals surface area contributed by atoms with Gasteiger partial charge >= 0.3 is 0 Å². The Labute approximate surface area is 49.4 Å². The van der Waals surface area contributed by atoms with E-state index in [4.69, 9.17) is 10.5 Å². The van der Waals surface area contributed by atoms with Crippen LogP contribution >= 0.6 is 0 Å². The molecule has 0 aromatic carbocycles. The first-order valence-electron chi connectivity index (χ1n) is 2.60. The number of aliphatic hydroxyl groups excluding tert-OH is 1. The second-order valence-corrected chi connectivity index (χ2v) is 1.72. The van der Waals surface area contributed by atoms with E-state index in [9.17, 15) is 0 Å². The predicted molar refractivity (Wildman–Crippen MR) is 34.4 cm³/mol. The first-order chi connectivity index (χ1) is 3.81. The van der Waals surface area contributed by atoms with Gasteiger partial charge in [0.25, 0.3) is 0 Å². The van der Waals surface area contributed by atoms with Gasteiger partial charge in [-0.1, -0.05) is 0 Å². The van der Waals surface area contributed by atoms with Crippen LogP contribution in [-0.4, -0.2) is 11.3 Å². The number of nitrogens with one attached hydrogen (secondary N) is 1. The molecule has 0 spiro atoms. The molecular formula is C6H11NO. The molecule has 0 aliphatic rings. The molecule has 2 heteroatoms. The van der Waals surface area contributed by atoms with E-state index < -0.39 is 0 Å². The summed E-state index contributed by atoms with van der Waals surface area (Å²) in [4.78, 5) is 0. The standard InChI is InChI=1S/C6H11NO/c1-6(5-8)3-2-4-7/h4-5,7-8H,2-3H2,1H3. The van der Waals surface area contributed by atoms with Gasteiger partial charge in [-0.3, -0.25) is 0 Å². The second-order valence-electron chi connectivity index (χ2n) is 1.72. The van der Waals surface area contributed by atoms with Crippen LogP contribution in [0.5, 0.6) is 0 Å². The SMILES string of the molecule is CC(=CO)CCC=N. The molecule has 2 N–H and O–H groups in total. The van der Waals surface area contributed by atoms with Gasteiger partial charge in [0.15, 0.2) is 0 Å². The Morgan fingerprint density at radius 3 is 2.75 bits per heavy atom. The summed E-state index contributed by atoms with van der Waals surface area (Å²) in [6.07, 6.45) is 3.94. The molecule has 2 nitrogen and oxygen atoms in total. The molecule has 0 bridgehead atoms. The van der Waals surface area contributed by atoms with Gasteiger partial charge in [0.05, 0.1) is 6.26 Å². The minimum Gasteiger partial charge on any atom is -0.516 e. The fourth-order valence-electron chi connectivity index (χ4n) is 0.364. The molecule has 0 radical (unpaired) electrons. The van der Waals surface area contributed by atoms with Crippen LogP contribution in [-0.2, 0) is 0 Å². The number of hydrogen-bond acceptors (Lipinski definition) is 2. The number of rotatable bonds is 3. The van der Waals surface area contributed by atoms with Crippen molar-refractivity contribution in [3.05, 3.63) is 11.8 Å². The van der Waals surface area contributed by atoms with E-state index in [1.807, 2.05) is 6.92 Å².